The topological polar surface area (TPSA) is 20.3 Å². The molecule has 1 heterocycles. The zero-order chi connectivity index (χ0) is 10.7. The molecule has 2 rings (SSSR count). The molecule has 0 unspecified atom stereocenters. The molecule has 1 aliphatic heterocycles. The third kappa shape index (κ3) is 3.48. The Bertz CT molecular complexity index is 345. The van der Waals surface area contributed by atoms with Gasteiger partial charge in [0.2, 0.25) is 0 Å². The lowest BCUT2D eigenvalue weighted by Crippen LogP contribution is -2.18. The van der Waals surface area contributed by atoms with E-state index < -0.39 is 0 Å². The first-order valence-corrected chi connectivity index (χ1v) is 5.64. The number of halogens is 2. The van der Waals surface area contributed by atoms with E-state index in [0.29, 0.717) is 5.56 Å². The van der Waals surface area contributed by atoms with Gasteiger partial charge >= 0.3 is 0 Å². The highest BCUT2D eigenvalue weighted by atomic mass is 35.5. The SMILES string of the molecule is Cl.O=C(Cl)c1ccc(CN2CCCC2)cc1. The average molecular weight is 260 g/mol. The molecule has 2 nitrogen and oxygen atoms in total. The van der Waals surface area contributed by atoms with Crippen LogP contribution in [0.15, 0.2) is 24.3 Å². The highest BCUT2D eigenvalue weighted by Gasteiger charge is 2.11. The second-order valence-corrected chi connectivity index (χ2v) is 4.30. The van der Waals surface area contributed by atoms with Gasteiger partial charge < -0.3 is 0 Å². The fraction of sp³-hybridized carbons (Fsp3) is 0.417. The van der Waals surface area contributed by atoms with Crippen molar-refractivity contribution in [3.05, 3.63) is 35.4 Å². The summed E-state index contributed by atoms with van der Waals surface area (Å²) in [4.78, 5) is 13.3. The first kappa shape index (κ1) is 13.5. The van der Waals surface area contributed by atoms with E-state index in [1.54, 1.807) is 12.1 Å². The van der Waals surface area contributed by atoms with Crippen molar-refractivity contribution < 1.29 is 4.79 Å². The molecule has 0 amide bonds. The molecule has 1 aromatic rings. The maximum absolute atomic E-state index is 10.9. The Morgan fingerprint density at radius 1 is 1.19 bits per heavy atom. The molecule has 0 atom stereocenters. The van der Waals surface area contributed by atoms with Gasteiger partial charge in [-0.1, -0.05) is 12.1 Å². The number of hydrogen-bond acceptors (Lipinski definition) is 2. The largest absolute Gasteiger partial charge is 0.299 e. The van der Waals surface area contributed by atoms with Gasteiger partial charge in [-0.3, -0.25) is 9.69 Å². The minimum absolute atomic E-state index is 0. The smallest absolute Gasteiger partial charge is 0.252 e. The van der Waals surface area contributed by atoms with Crippen molar-refractivity contribution in [2.45, 2.75) is 19.4 Å². The number of nitrogens with zero attached hydrogens (tertiary/aromatic N) is 1. The van der Waals surface area contributed by atoms with E-state index in [1.165, 1.54) is 31.5 Å². The zero-order valence-electron chi connectivity index (χ0n) is 8.99. The highest BCUT2D eigenvalue weighted by Crippen LogP contribution is 2.13. The van der Waals surface area contributed by atoms with Crippen LogP contribution in [-0.4, -0.2) is 23.2 Å². The van der Waals surface area contributed by atoms with Crippen LogP contribution in [0.4, 0.5) is 0 Å². The lowest BCUT2D eigenvalue weighted by Gasteiger charge is -2.14. The monoisotopic (exact) mass is 259 g/mol. The second-order valence-electron chi connectivity index (χ2n) is 3.95. The predicted octanol–water partition coefficient (Wildman–Crippen LogP) is 3.08. The molecule has 88 valence electrons. The fourth-order valence-electron chi connectivity index (χ4n) is 1.94. The van der Waals surface area contributed by atoms with Gasteiger partial charge in [0.15, 0.2) is 0 Å². The molecule has 1 saturated heterocycles. The quantitative estimate of drug-likeness (QED) is 0.778. The molecule has 16 heavy (non-hydrogen) atoms. The normalized spacial score (nSPS) is 15.8. The van der Waals surface area contributed by atoms with E-state index >= 15 is 0 Å². The van der Waals surface area contributed by atoms with E-state index in [4.69, 9.17) is 11.6 Å². The van der Waals surface area contributed by atoms with Crippen LogP contribution in [0.3, 0.4) is 0 Å². The number of carbonyl (C=O) groups excluding carboxylic acids is 1. The first-order chi connectivity index (χ1) is 7.25. The molecule has 0 spiro atoms. The molecule has 0 saturated carbocycles. The summed E-state index contributed by atoms with van der Waals surface area (Å²) in [6.45, 7) is 3.36. The maximum Gasteiger partial charge on any atom is 0.252 e. The molecule has 0 aliphatic carbocycles. The molecule has 0 bridgehead atoms. The molecule has 4 heteroatoms. The Kier molecular flexibility index (Phi) is 5.26. The fourth-order valence-corrected chi connectivity index (χ4v) is 2.07. The van der Waals surface area contributed by atoms with E-state index in [0.717, 1.165) is 6.54 Å². The summed E-state index contributed by atoms with van der Waals surface area (Å²) < 4.78 is 0. The van der Waals surface area contributed by atoms with Gasteiger partial charge in [-0.25, -0.2) is 0 Å². The third-order valence-corrected chi connectivity index (χ3v) is 3.00. The summed E-state index contributed by atoms with van der Waals surface area (Å²) in [5.74, 6) is 0. The summed E-state index contributed by atoms with van der Waals surface area (Å²) in [5, 5.41) is -0.386. The van der Waals surface area contributed by atoms with Crippen LogP contribution >= 0.6 is 24.0 Å². The average Bonchev–Trinajstić information content (AvgIpc) is 2.71. The standard InChI is InChI=1S/C12H14ClNO.ClH/c13-12(15)11-5-3-10(4-6-11)9-14-7-1-2-8-14;/h3-6H,1-2,7-9H2;1H. The highest BCUT2D eigenvalue weighted by molar-refractivity contribution is 6.67. The van der Waals surface area contributed by atoms with Crippen LogP contribution in [0, 0.1) is 0 Å². The Balaban J connectivity index is 0.00000128. The summed E-state index contributed by atoms with van der Waals surface area (Å²) in [6, 6.07) is 7.54. The molecule has 0 radical (unpaired) electrons. The number of benzene rings is 1. The second kappa shape index (κ2) is 6.24. The molecular formula is C12H15Cl2NO. The number of carbonyl (C=O) groups is 1. The molecule has 0 aromatic heterocycles. The van der Waals surface area contributed by atoms with Gasteiger partial charge in [-0.05, 0) is 55.2 Å². The maximum atomic E-state index is 10.9. The minimum atomic E-state index is -0.386. The van der Waals surface area contributed by atoms with Crippen molar-refractivity contribution >= 4 is 29.3 Å². The van der Waals surface area contributed by atoms with Crippen molar-refractivity contribution in [3.63, 3.8) is 0 Å². The summed E-state index contributed by atoms with van der Waals surface area (Å²) in [5.41, 5.74) is 1.82. The third-order valence-electron chi connectivity index (χ3n) is 2.79. The number of hydrogen-bond donors (Lipinski definition) is 0. The van der Waals surface area contributed by atoms with Crippen LogP contribution in [0.25, 0.3) is 0 Å². The number of rotatable bonds is 3. The number of likely N-dealkylation sites (tertiary alicyclic amines) is 1. The van der Waals surface area contributed by atoms with Crippen LogP contribution in [0.2, 0.25) is 0 Å². The first-order valence-electron chi connectivity index (χ1n) is 5.27. The summed E-state index contributed by atoms with van der Waals surface area (Å²) in [6.07, 6.45) is 2.61. The van der Waals surface area contributed by atoms with Gasteiger partial charge in [-0.2, -0.15) is 0 Å². The Morgan fingerprint density at radius 3 is 2.25 bits per heavy atom. The lowest BCUT2D eigenvalue weighted by molar-refractivity contribution is 0.108. The summed E-state index contributed by atoms with van der Waals surface area (Å²) >= 11 is 5.38. The van der Waals surface area contributed by atoms with Crippen molar-refractivity contribution in [1.82, 2.24) is 4.90 Å². The van der Waals surface area contributed by atoms with Gasteiger partial charge in [0, 0.05) is 12.1 Å². The van der Waals surface area contributed by atoms with Gasteiger partial charge in [-0.15, -0.1) is 12.4 Å². The Morgan fingerprint density at radius 2 is 1.75 bits per heavy atom. The predicted molar refractivity (Wildman–Crippen MR) is 68.4 cm³/mol. The van der Waals surface area contributed by atoms with E-state index in [-0.39, 0.29) is 17.6 Å². The molecule has 0 N–H and O–H groups in total. The van der Waals surface area contributed by atoms with Crippen molar-refractivity contribution in [2.75, 3.05) is 13.1 Å². The van der Waals surface area contributed by atoms with Crippen molar-refractivity contribution in [1.29, 1.82) is 0 Å². The van der Waals surface area contributed by atoms with Crippen LogP contribution in [0.1, 0.15) is 28.8 Å². The Hall–Kier alpha value is -0.570. The summed E-state index contributed by atoms with van der Waals surface area (Å²) in [7, 11) is 0. The molecule has 1 aromatic carbocycles. The molecule has 1 aliphatic rings. The van der Waals surface area contributed by atoms with Crippen molar-refractivity contribution in [3.8, 4) is 0 Å². The zero-order valence-corrected chi connectivity index (χ0v) is 10.6. The van der Waals surface area contributed by atoms with E-state index in [2.05, 4.69) is 4.90 Å². The minimum Gasteiger partial charge on any atom is -0.299 e. The molecule has 1 fully saturated rings. The molecular weight excluding hydrogens is 245 g/mol. The van der Waals surface area contributed by atoms with E-state index in [9.17, 15) is 4.79 Å². The van der Waals surface area contributed by atoms with Gasteiger partial charge in [0.05, 0.1) is 0 Å². The van der Waals surface area contributed by atoms with E-state index in [1.807, 2.05) is 12.1 Å². The Labute approximate surface area is 107 Å². The van der Waals surface area contributed by atoms with Crippen molar-refractivity contribution in [2.24, 2.45) is 0 Å². The van der Waals surface area contributed by atoms with Gasteiger partial charge in [0.25, 0.3) is 5.24 Å². The van der Waals surface area contributed by atoms with Crippen LogP contribution < -0.4 is 0 Å². The van der Waals surface area contributed by atoms with Crippen LogP contribution in [-0.2, 0) is 6.54 Å². The van der Waals surface area contributed by atoms with Crippen LogP contribution in [0.5, 0.6) is 0 Å². The lowest BCUT2D eigenvalue weighted by atomic mass is 10.1. The van der Waals surface area contributed by atoms with Gasteiger partial charge in [0.1, 0.15) is 0 Å².